The van der Waals surface area contributed by atoms with Crippen molar-refractivity contribution in [2.45, 2.75) is 23.9 Å². The van der Waals surface area contributed by atoms with Gasteiger partial charge >= 0.3 is 6.18 Å². The first-order valence-corrected chi connectivity index (χ1v) is 7.04. The average molecular weight is 309 g/mol. The number of ether oxygens (including phenoxy) is 2. The Balaban J connectivity index is 2.93. The third-order valence-electron chi connectivity index (χ3n) is 2.58. The van der Waals surface area contributed by atoms with Gasteiger partial charge in [-0.05, 0) is 30.7 Å². The second-order valence-corrected chi connectivity index (χ2v) is 5.22. The van der Waals surface area contributed by atoms with Crippen molar-refractivity contribution in [3.8, 4) is 11.5 Å². The summed E-state index contributed by atoms with van der Waals surface area (Å²) in [5.74, 6) is 0.906. The molecule has 0 saturated heterocycles. The first kappa shape index (κ1) is 17.0. The zero-order valence-corrected chi connectivity index (χ0v) is 12.2. The van der Waals surface area contributed by atoms with Crippen molar-refractivity contribution in [3.63, 3.8) is 0 Å². The highest BCUT2D eigenvalue weighted by Gasteiger charge is 2.26. The molecule has 0 aliphatic carbocycles. The molecule has 0 aromatic heterocycles. The van der Waals surface area contributed by atoms with Crippen LogP contribution in [0.5, 0.6) is 11.5 Å². The van der Waals surface area contributed by atoms with Crippen LogP contribution >= 0.6 is 11.8 Å². The summed E-state index contributed by atoms with van der Waals surface area (Å²) in [6.45, 7) is 0.460. The van der Waals surface area contributed by atoms with E-state index in [2.05, 4.69) is 0 Å². The Morgan fingerprint density at radius 1 is 1.20 bits per heavy atom. The van der Waals surface area contributed by atoms with Gasteiger partial charge in [-0.1, -0.05) is 0 Å². The molecule has 1 rings (SSSR count). The van der Waals surface area contributed by atoms with E-state index in [-0.39, 0.29) is 5.75 Å². The zero-order chi connectivity index (χ0) is 15.2. The number of benzene rings is 1. The fraction of sp³-hybridized carbons (Fsp3) is 0.538. The van der Waals surface area contributed by atoms with Crippen molar-refractivity contribution in [2.75, 3.05) is 26.5 Å². The first-order chi connectivity index (χ1) is 9.41. The fourth-order valence-corrected chi connectivity index (χ4v) is 2.78. The van der Waals surface area contributed by atoms with Crippen LogP contribution in [0.3, 0.4) is 0 Å². The minimum Gasteiger partial charge on any atom is -0.493 e. The number of alkyl halides is 3. The SMILES string of the molecule is COc1cc(CCN)cc(SCCC(F)(F)F)c1OC. The molecule has 0 atom stereocenters. The largest absolute Gasteiger partial charge is 0.493 e. The molecule has 0 aliphatic heterocycles. The Morgan fingerprint density at radius 3 is 2.40 bits per heavy atom. The lowest BCUT2D eigenvalue weighted by Gasteiger charge is -2.15. The number of halogens is 3. The van der Waals surface area contributed by atoms with Crippen molar-refractivity contribution >= 4 is 11.8 Å². The molecule has 0 fully saturated rings. The maximum absolute atomic E-state index is 12.2. The second-order valence-electron chi connectivity index (χ2n) is 4.08. The molecular formula is C13H18F3NO2S. The maximum Gasteiger partial charge on any atom is 0.389 e. The Kier molecular flexibility index (Phi) is 6.48. The molecule has 0 bridgehead atoms. The highest BCUT2D eigenvalue weighted by Crippen LogP contribution is 2.40. The van der Waals surface area contributed by atoms with Crippen LogP contribution < -0.4 is 15.2 Å². The van der Waals surface area contributed by atoms with Crippen molar-refractivity contribution in [1.29, 1.82) is 0 Å². The van der Waals surface area contributed by atoms with Crippen molar-refractivity contribution in [2.24, 2.45) is 5.73 Å². The zero-order valence-electron chi connectivity index (χ0n) is 11.4. The molecule has 1 aromatic carbocycles. The van der Waals surface area contributed by atoms with E-state index in [1.54, 1.807) is 12.1 Å². The summed E-state index contributed by atoms with van der Waals surface area (Å²) >= 11 is 1.10. The molecule has 1 aromatic rings. The number of nitrogens with two attached hydrogens (primary N) is 1. The molecule has 0 aliphatic rings. The van der Waals surface area contributed by atoms with E-state index >= 15 is 0 Å². The number of hydrogen-bond acceptors (Lipinski definition) is 4. The lowest BCUT2D eigenvalue weighted by atomic mass is 10.1. The minimum absolute atomic E-state index is 0.0604. The van der Waals surface area contributed by atoms with Gasteiger partial charge in [0.1, 0.15) is 0 Å². The van der Waals surface area contributed by atoms with Crippen LogP contribution in [0.4, 0.5) is 13.2 Å². The quantitative estimate of drug-likeness (QED) is 0.785. The Hall–Kier alpha value is -1.08. The second kappa shape index (κ2) is 7.64. The lowest BCUT2D eigenvalue weighted by Crippen LogP contribution is -2.08. The molecule has 114 valence electrons. The number of rotatable bonds is 7. The molecule has 0 heterocycles. The highest BCUT2D eigenvalue weighted by atomic mass is 32.2. The van der Waals surface area contributed by atoms with Gasteiger partial charge < -0.3 is 15.2 Å². The van der Waals surface area contributed by atoms with Gasteiger partial charge in [0, 0.05) is 5.75 Å². The van der Waals surface area contributed by atoms with E-state index in [1.165, 1.54) is 14.2 Å². The smallest absolute Gasteiger partial charge is 0.389 e. The van der Waals surface area contributed by atoms with Crippen LogP contribution in [0.25, 0.3) is 0 Å². The molecule has 20 heavy (non-hydrogen) atoms. The van der Waals surface area contributed by atoms with Crippen molar-refractivity contribution in [3.05, 3.63) is 17.7 Å². The van der Waals surface area contributed by atoms with Crippen LogP contribution in [0.1, 0.15) is 12.0 Å². The Labute approximate surface area is 120 Å². The van der Waals surface area contributed by atoms with Gasteiger partial charge in [-0.25, -0.2) is 0 Å². The van der Waals surface area contributed by atoms with Gasteiger partial charge in [-0.2, -0.15) is 13.2 Å². The average Bonchev–Trinajstić information content (AvgIpc) is 2.37. The topological polar surface area (TPSA) is 44.5 Å². The van der Waals surface area contributed by atoms with Gasteiger partial charge in [0.2, 0.25) is 0 Å². The summed E-state index contributed by atoms with van der Waals surface area (Å²) < 4.78 is 47.0. The van der Waals surface area contributed by atoms with Gasteiger partial charge in [-0.15, -0.1) is 11.8 Å². The Bertz CT molecular complexity index is 438. The van der Waals surface area contributed by atoms with E-state index in [9.17, 15) is 13.2 Å². The fourth-order valence-electron chi connectivity index (χ4n) is 1.68. The van der Waals surface area contributed by atoms with Gasteiger partial charge in [0.05, 0.1) is 25.5 Å². The van der Waals surface area contributed by atoms with Crippen molar-refractivity contribution < 1.29 is 22.6 Å². The number of thioether (sulfide) groups is 1. The number of hydrogen-bond donors (Lipinski definition) is 1. The normalized spacial score (nSPS) is 11.5. The predicted octanol–water partition coefficient (Wildman–Crippen LogP) is 3.25. The van der Waals surface area contributed by atoms with Crippen LogP contribution in [0, 0.1) is 0 Å². The molecule has 3 nitrogen and oxygen atoms in total. The van der Waals surface area contributed by atoms with E-state index in [4.69, 9.17) is 15.2 Å². The van der Waals surface area contributed by atoms with E-state index in [0.717, 1.165) is 17.3 Å². The molecule has 0 radical (unpaired) electrons. The van der Waals surface area contributed by atoms with Crippen LogP contribution in [-0.4, -0.2) is 32.7 Å². The summed E-state index contributed by atoms with van der Waals surface area (Å²) in [6, 6.07) is 3.59. The maximum atomic E-state index is 12.2. The molecule has 2 N–H and O–H groups in total. The first-order valence-electron chi connectivity index (χ1n) is 6.05. The third kappa shape index (κ3) is 5.13. The summed E-state index contributed by atoms with van der Waals surface area (Å²) in [5, 5.41) is 0. The molecule has 7 heteroatoms. The molecule has 0 saturated carbocycles. The van der Waals surface area contributed by atoms with Crippen LogP contribution in [-0.2, 0) is 6.42 Å². The van der Waals surface area contributed by atoms with E-state index < -0.39 is 12.6 Å². The van der Waals surface area contributed by atoms with Crippen LogP contribution in [0.15, 0.2) is 17.0 Å². The monoisotopic (exact) mass is 309 g/mol. The van der Waals surface area contributed by atoms with Gasteiger partial charge in [0.15, 0.2) is 11.5 Å². The van der Waals surface area contributed by atoms with Gasteiger partial charge in [0.25, 0.3) is 0 Å². The van der Waals surface area contributed by atoms with Gasteiger partial charge in [-0.3, -0.25) is 0 Å². The van der Waals surface area contributed by atoms with E-state index in [1.807, 2.05) is 0 Å². The summed E-state index contributed by atoms with van der Waals surface area (Å²) in [6.07, 6.45) is -4.36. The van der Waals surface area contributed by atoms with Crippen LogP contribution in [0.2, 0.25) is 0 Å². The molecule has 0 spiro atoms. The predicted molar refractivity (Wildman–Crippen MR) is 73.7 cm³/mol. The summed E-state index contributed by atoms with van der Waals surface area (Å²) in [5.41, 5.74) is 6.42. The standard InChI is InChI=1S/C13H18F3NO2S/c1-18-10-7-9(3-5-17)8-11(12(10)19-2)20-6-4-13(14,15)16/h7-8H,3-6,17H2,1-2H3. The summed E-state index contributed by atoms with van der Waals surface area (Å²) in [4.78, 5) is 0.638. The number of methoxy groups -OCH3 is 2. The summed E-state index contributed by atoms with van der Waals surface area (Å²) in [7, 11) is 2.96. The third-order valence-corrected chi connectivity index (χ3v) is 3.60. The van der Waals surface area contributed by atoms with Crippen molar-refractivity contribution in [1.82, 2.24) is 0 Å². The lowest BCUT2D eigenvalue weighted by molar-refractivity contribution is -0.129. The molecule has 0 unspecified atom stereocenters. The molecular weight excluding hydrogens is 291 g/mol. The highest BCUT2D eigenvalue weighted by molar-refractivity contribution is 7.99. The minimum atomic E-state index is -4.15. The molecule has 0 amide bonds. The Morgan fingerprint density at radius 2 is 1.90 bits per heavy atom. The van der Waals surface area contributed by atoms with E-state index in [0.29, 0.717) is 29.4 Å².